The van der Waals surface area contributed by atoms with Crippen LogP contribution in [0.5, 0.6) is 5.75 Å². The van der Waals surface area contributed by atoms with Crippen molar-refractivity contribution in [2.45, 2.75) is 6.36 Å². The molecule has 0 atom stereocenters. The average Bonchev–Trinajstić information content (AvgIpc) is 2.69. The molecule has 0 saturated heterocycles. The molecule has 0 unspecified atom stereocenters. The van der Waals surface area contributed by atoms with Gasteiger partial charge in [-0.1, -0.05) is 41.4 Å². The molecule has 30 heavy (non-hydrogen) atoms. The molecule has 0 radical (unpaired) electrons. The van der Waals surface area contributed by atoms with Crippen LogP contribution in [0.3, 0.4) is 0 Å². The Morgan fingerprint density at radius 3 is 2.53 bits per heavy atom. The van der Waals surface area contributed by atoms with Crippen molar-refractivity contribution in [3.05, 3.63) is 58.6 Å². The Balaban J connectivity index is 1.99. The number of alkyl halides is 3. The van der Waals surface area contributed by atoms with Crippen molar-refractivity contribution in [3.63, 3.8) is 0 Å². The van der Waals surface area contributed by atoms with Crippen LogP contribution in [0.4, 0.5) is 30.6 Å². The molecule has 3 rings (SSSR count). The van der Waals surface area contributed by atoms with E-state index in [1.54, 1.807) is 24.3 Å². The second-order valence-electron chi connectivity index (χ2n) is 5.91. The molecular formula is C19H15Cl2F3N4O2. The van der Waals surface area contributed by atoms with Gasteiger partial charge in [0.15, 0.2) is 0 Å². The minimum atomic E-state index is -4.81. The van der Waals surface area contributed by atoms with Crippen LogP contribution in [0.15, 0.2) is 48.5 Å². The Hall–Kier alpha value is -2.75. The molecule has 6 nitrogen and oxygen atoms in total. The van der Waals surface area contributed by atoms with E-state index >= 15 is 0 Å². The van der Waals surface area contributed by atoms with Gasteiger partial charge in [0.1, 0.15) is 11.6 Å². The zero-order valence-electron chi connectivity index (χ0n) is 15.2. The zero-order chi connectivity index (χ0) is 21.7. The van der Waals surface area contributed by atoms with Crippen molar-refractivity contribution in [1.82, 2.24) is 9.97 Å². The molecule has 2 aromatic carbocycles. The molecule has 0 saturated carbocycles. The van der Waals surface area contributed by atoms with E-state index in [0.717, 1.165) is 0 Å². The number of nitrogens with zero attached hydrogens (tertiary/aromatic N) is 2. The minimum Gasteiger partial charge on any atom is -0.406 e. The number of aliphatic hydroxyl groups is 1. The van der Waals surface area contributed by atoms with Crippen LogP contribution in [0, 0.1) is 0 Å². The van der Waals surface area contributed by atoms with Gasteiger partial charge in [0.2, 0.25) is 5.95 Å². The van der Waals surface area contributed by atoms with E-state index in [-0.39, 0.29) is 29.9 Å². The first kappa shape index (κ1) is 21.9. The number of nitrogens with one attached hydrogen (secondary N) is 2. The normalized spacial score (nSPS) is 11.3. The molecule has 0 fully saturated rings. The summed E-state index contributed by atoms with van der Waals surface area (Å²) in [7, 11) is 0. The maximum Gasteiger partial charge on any atom is 0.573 e. The number of ether oxygens (including phenoxy) is 1. The second-order valence-corrected chi connectivity index (χ2v) is 6.70. The molecule has 158 valence electrons. The fraction of sp³-hybridized carbons (Fsp3) is 0.158. The number of anilines is 3. The van der Waals surface area contributed by atoms with Crippen molar-refractivity contribution in [2.24, 2.45) is 0 Å². The first-order valence-corrected chi connectivity index (χ1v) is 9.32. The van der Waals surface area contributed by atoms with Crippen LogP contribution in [0.2, 0.25) is 10.0 Å². The SMILES string of the molecule is OCCNc1nc(Nc2cccc(Cl)c2Cl)cc(-c2cccc(OC(F)(F)F)c2)n1. The van der Waals surface area contributed by atoms with Gasteiger partial charge in [-0.05, 0) is 24.3 Å². The highest BCUT2D eigenvalue weighted by molar-refractivity contribution is 6.43. The van der Waals surface area contributed by atoms with Gasteiger partial charge in [0.05, 0.1) is 28.0 Å². The number of benzene rings is 2. The highest BCUT2D eigenvalue weighted by Gasteiger charge is 2.31. The summed E-state index contributed by atoms with van der Waals surface area (Å²) in [5, 5.41) is 15.5. The van der Waals surface area contributed by atoms with Crippen LogP contribution in [-0.2, 0) is 0 Å². The molecule has 11 heteroatoms. The van der Waals surface area contributed by atoms with Gasteiger partial charge in [0, 0.05) is 18.2 Å². The van der Waals surface area contributed by atoms with E-state index in [0.29, 0.717) is 27.8 Å². The Morgan fingerprint density at radius 1 is 1.03 bits per heavy atom. The molecule has 0 aliphatic rings. The zero-order valence-corrected chi connectivity index (χ0v) is 16.7. The molecule has 0 aliphatic carbocycles. The van der Waals surface area contributed by atoms with E-state index in [2.05, 4.69) is 25.3 Å². The molecule has 0 bridgehead atoms. The van der Waals surface area contributed by atoms with Crippen molar-refractivity contribution < 1.29 is 23.0 Å². The summed E-state index contributed by atoms with van der Waals surface area (Å²) in [5.74, 6) is 0.0898. The number of rotatable bonds is 7. The lowest BCUT2D eigenvalue weighted by Crippen LogP contribution is -2.17. The van der Waals surface area contributed by atoms with Gasteiger partial charge < -0.3 is 20.5 Å². The number of hydrogen-bond donors (Lipinski definition) is 3. The van der Waals surface area contributed by atoms with Crippen LogP contribution in [-0.4, -0.2) is 34.6 Å². The number of hydrogen-bond acceptors (Lipinski definition) is 6. The smallest absolute Gasteiger partial charge is 0.406 e. The fourth-order valence-electron chi connectivity index (χ4n) is 2.50. The van der Waals surface area contributed by atoms with E-state index in [1.165, 1.54) is 24.3 Å². The third kappa shape index (κ3) is 5.88. The lowest BCUT2D eigenvalue weighted by atomic mass is 10.1. The van der Waals surface area contributed by atoms with Gasteiger partial charge in [-0.2, -0.15) is 4.98 Å². The van der Waals surface area contributed by atoms with E-state index < -0.39 is 6.36 Å². The summed E-state index contributed by atoms with van der Waals surface area (Å²) in [6.45, 7) is 0.0173. The summed E-state index contributed by atoms with van der Waals surface area (Å²) in [6, 6.07) is 11.9. The number of halogens is 5. The molecule has 1 aromatic heterocycles. The quantitative estimate of drug-likeness (QED) is 0.433. The van der Waals surface area contributed by atoms with E-state index in [1.807, 2.05) is 0 Å². The lowest BCUT2D eigenvalue weighted by molar-refractivity contribution is -0.274. The third-order valence-corrected chi connectivity index (χ3v) is 4.52. The topological polar surface area (TPSA) is 79.3 Å². The van der Waals surface area contributed by atoms with Gasteiger partial charge in [-0.15, -0.1) is 13.2 Å². The molecule has 0 aliphatic heterocycles. The maximum absolute atomic E-state index is 12.5. The number of aliphatic hydroxyl groups excluding tert-OH is 1. The largest absolute Gasteiger partial charge is 0.573 e. The Labute approximate surface area is 179 Å². The Morgan fingerprint density at radius 2 is 1.80 bits per heavy atom. The lowest BCUT2D eigenvalue weighted by Gasteiger charge is -2.13. The molecule has 3 N–H and O–H groups in total. The van der Waals surface area contributed by atoms with Crippen LogP contribution in [0.1, 0.15) is 0 Å². The van der Waals surface area contributed by atoms with Crippen LogP contribution >= 0.6 is 23.2 Å². The summed E-state index contributed by atoms with van der Waals surface area (Å²) >= 11 is 12.2. The van der Waals surface area contributed by atoms with Gasteiger partial charge >= 0.3 is 6.36 Å². The molecule has 0 spiro atoms. The predicted octanol–water partition coefficient (Wildman–Crippen LogP) is 5.50. The van der Waals surface area contributed by atoms with E-state index in [4.69, 9.17) is 28.3 Å². The van der Waals surface area contributed by atoms with Crippen LogP contribution in [0.25, 0.3) is 11.3 Å². The summed E-state index contributed by atoms with van der Waals surface area (Å²) < 4.78 is 41.6. The first-order chi connectivity index (χ1) is 14.2. The fourth-order valence-corrected chi connectivity index (χ4v) is 2.84. The summed E-state index contributed by atoms with van der Waals surface area (Å²) in [4.78, 5) is 8.58. The van der Waals surface area contributed by atoms with Crippen molar-refractivity contribution in [2.75, 3.05) is 23.8 Å². The second kappa shape index (κ2) is 9.38. The molecule has 1 heterocycles. The van der Waals surface area contributed by atoms with Gasteiger partial charge in [-0.3, -0.25) is 0 Å². The van der Waals surface area contributed by atoms with Crippen molar-refractivity contribution >= 4 is 40.7 Å². The molecule has 3 aromatic rings. The van der Waals surface area contributed by atoms with Gasteiger partial charge in [-0.25, -0.2) is 4.98 Å². The Kier molecular flexibility index (Phi) is 6.86. The summed E-state index contributed by atoms with van der Waals surface area (Å²) in [5.41, 5.74) is 1.17. The Bertz CT molecular complexity index is 1030. The minimum absolute atomic E-state index is 0.157. The van der Waals surface area contributed by atoms with Crippen molar-refractivity contribution in [1.29, 1.82) is 0 Å². The first-order valence-electron chi connectivity index (χ1n) is 8.56. The van der Waals surface area contributed by atoms with Crippen LogP contribution < -0.4 is 15.4 Å². The standard InChI is InChI=1S/C19H15Cl2F3N4O2/c20-13-5-2-6-14(17(13)21)26-16-10-15(27-18(28-16)25-7-8-29)11-3-1-4-12(9-11)30-19(22,23)24/h1-6,9-10,29H,7-8H2,(H2,25,26,27,28). The molecule has 0 amide bonds. The summed E-state index contributed by atoms with van der Waals surface area (Å²) in [6.07, 6.45) is -4.81. The number of aromatic nitrogens is 2. The van der Waals surface area contributed by atoms with Gasteiger partial charge in [0.25, 0.3) is 0 Å². The highest BCUT2D eigenvalue weighted by Crippen LogP contribution is 2.33. The third-order valence-electron chi connectivity index (χ3n) is 3.70. The van der Waals surface area contributed by atoms with Crippen molar-refractivity contribution in [3.8, 4) is 17.0 Å². The maximum atomic E-state index is 12.5. The monoisotopic (exact) mass is 458 g/mol. The van der Waals surface area contributed by atoms with E-state index in [9.17, 15) is 13.2 Å². The predicted molar refractivity (Wildman–Crippen MR) is 109 cm³/mol. The average molecular weight is 459 g/mol. The highest BCUT2D eigenvalue weighted by atomic mass is 35.5. The molecular weight excluding hydrogens is 444 g/mol.